The number of hydrogen-bond acceptors (Lipinski definition) is 6. The van der Waals surface area contributed by atoms with Crippen molar-refractivity contribution >= 4 is 21.4 Å². The number of hydrogen-bond donors (Lipinski definition) is 0. The van der Waals surface area contributed by atoms with E-state index in [-0.39, 0.29) is 13.1 Å². The Morgan fingerprint density at radius 1 is 1.13 bits per heavy atom. The van der Waals surface area contributed by atoms with Crippen LogP contribution < -0.4 is 4.74 Å². The van der Waals surface area contributed by atoms with Crippen LogP contribution in [0.25, 0.3) is 0 Å². The van der Waals surface area contributed by atoms with E-state index in [1.807, 2.05) is 42.5 Å². The molecule has 4 rings (SSSR count). The third kappa shape index (κ3) is 5.26. The molecule has 6 nitrogen and oxygen atoms in total. The summed E-state index contributed by atoms with van der Waals surface area (Å²) < 4.78 is 39.6. The highest BCUT2D eigenvalue weighted by Gasteiger charge is 2.26. The number of aromatic nitrogens is 1. The summed E-state index contributed by atoms with van der Waals surface area (Å²) in [7, 11) is -3.64. The lowest BCUT2D eigenvalue weighted by molar-refractivity contribution is 0.167. The van der Waals surface area contributed by atoms with Gasteiger partial charge in [0.1, 0.15) is 9.96 Å². The van der Waals surface area contributed by atoms with Crippen LogP contribution in [0.4, 0.5) is 0 Å². The van der Waals surface area contributed by atoms with Gasteiger partial charge in [0.25, 0.3) is 10.0 Å². The van der Waals surface area contributed by atoms with E-state index >= 15 is 0 Å². The van der Waals surface area contributed by atoms with Crippen molar-refractivity contribution < 1.29 is 17.9 Å². The second-order valence-electron chi connectivity index (χ2n) is 7.21. The maximum Gasteiger partial charge on any atom is 0.253 e. The number of thiophene rings is 1. The fraction of sp³-hybridized carbons (Fsp3) is 0.318. The SMILES string of the molecule is O=S(=O)(c1cccs1)N(Cc1cccc(OCC2CCOC2)c1)Cc1ccccn1. The van der Waals surface area contributed by atoms with Gasteiger partial charge in [-0.1, -0.05) is 24.3 Å². The fourth-order valence-corrected chi connectivity index (χ4v) is 5.85. The highest BCUT2D eigenvalue weighted by molar-refractivity contribution is 7.91. The van der Waals surface area contributed by atoms with Crippen LogP contribution in [0.5, 0.6) is 5.75 Å². The second kappa shape index (κ2) is 9.70. The topological polar surface area (TPSA) is 68.7 Å². The Hall–Kier alpha value is -2.26. The van der Waals surface area contributed by atoms with Crippen LogP contribution in [0.15, 0.2) is 70.4 Å². The van der Waals surface area contributed by atoms with Gasteiger partial charge in [0.05, 0.1) is 25.5 Å². The van der Waals surface area contributed by atoms with Crippen LogP contribution in [0.2, 0.25) is 0 Å². The molecule has 8 heteroatoms. The van der Waals surface area contributed by atoms with E-state index in [0.717, 1.165) is 30.9 Å². The van der Waals surface area contributed by atoms with Crippen molar-refractivity contribution in [2.24, 2.45) is 5.92 Å². The summed E-state index contributed by atoms with van der Waals surface area (Å²) in [6.45, 7) is 2.56. The summed E-state index contributed by atoms with van der Waals surface area (Å²) in [6.07, 6.45) is 2.68. The smallest absolute Gasteiger partial charge is 0.253 e. The van der Waals surface area contributed by atoms with Crippen molar-refractivity contribution in [3.8, 4) is 5.75 Å². The van der Waals surface area contributed by atoms with Crippen molar-refractivity contribution in [1.29, 1.82) is 0 Å². The predicted molar refractivity (Wildman–Crippen MR) is 116 cm³/mol. The largest absolute Gasteiger partial charge is 0.493 e. The zero-order valence-corrected chi connectivity index (χ0v) is 18.1. The summed E-state index contributed by atoms with van der Waals surface area (Å²) >= 11 is 1.22. The maximum absolute atomic E-state index is 13.3. The van der Waals surface area contributed by atoms with Gasteiger partial charge in [0, 0.05) is 25.3 Å². The molecule has 1 fully saturated rings. The number of nitrogens with zero attached hydrogens (tertiary/aromatic N) is 2. The Morgan fingerprint density at radius 3 is 2.80 bits per heavy atom. The van der Waals surface area contributed by atoms with Crippen molar-refractivity contribution in [3.63, 3.8) is 0 Å². The first-order chi connectivity index (χ1) is 14.6. The summed E-state index contributed by atoms with van der Waals surface area (Å²) in [5, 5.41) is 1.77. The van der Waals surface area contributed by atoms with Gasteiger partial charge in [-0.2, -0.15) is 4.31 Å². The number of ether oxygens (including phenoxy) is 2. The minimum Gasteiger partial charge on any atom is -0.493 e. The molecular weight excluding hydrogens is 420 g/mol. The van der Waals surface area contributed by atoms with Crippen LogP contribution in [0, 0.1) is 5.92 Å². The van der Waals surface area contributed by atoms with E-state index in [1.54, 1.807) is 23.7 Å². The second-order valence-corrected chi connectivity index (χ2v) is 10.3. The van der Waals surface area contributed by atoms with Gasteiger partial charge in [-0.15, -0.1) is 11.3 Å². The lowest BCUT2D eigenvalue weighted by Gasteiger charge is -2.21. The molecule has 0 saturated carbocycles. The first-order valence-electron chi connectivity index (χ1n) is 9.84. The van der Waals surface area contributed by atoms with Crippen molar-refractivity contribution in [3.05, 3.63) is 77.4 Å². The summed E-state index contributed by atoms with van der Waals surface area (Å²) in [5.74, 6) is 1.15. The molecular formula is C22H24N2O4S2. The minimum atomic E-state index is -3.64. The predicted octanol–water partition coefficient (Wildman–Crippen LogP) is 3.95. The van der Waals surface area contributed by atoms with Crippen LogP contribution in [-0.4, -0.2) is 37.5 Å². The van der Waals surface area contributed by atoms with E-state index in [0.29, 0.717) is 22.4 Å². The van der Waals surface area contributed by atoms with Crippen LogP contribution in [-0.2, 0) is 27.8 Å². The first kappa shape index (κ1) is 21.0. The zero-order chi connectivity index (χ0) is 20.8. The molecule has 1 aliphatic heterocycles. The molecule has 0 N–H and O–H groups in total. The van der Waals surface area contributed by atoms with Crippen LogP contribution >= 0.6 is 11.3 Å². The molecule has 1 aromatic carbocycles. The van der Waals surface area contributed by atoms with Crippen LogP contribution in [0.1, 0.15) is 17.7 Å². The van der Waals surface area contributed by atoms with E-state index in [1.165, 1.54) is 15.6 Å². The van der Waals surface area contributed by atoms with Crippen molar-refractivity contribution in [2.45, 2.75) is 23.7 Å². The van der Waals surface area contributed by atoms with Gasteiger partial charge in [0.15, 0.2) is 0 Å². The first-order valence-corrected chi connectivity index (χ1v) is 12.2. The third-order valence-corrected chi connectivity index (χ3v) is 8.09. The molecule has 0 spiro atoms. The van der Waals surface area contributed by atoms with Gasteiger partial charge in [0.2, 0.25) is 0 Å². The van der Waals surface area contributed by atoms with E-state index in [4.69, 9.17) is 9.47 Å². The van der Waals surface area contributed by atoms with Crippen molar-refractivity contribution in [2.75, 3.05) is 19.8 Å². The highest BCUT2D eigenvalue weighted by atomic mass is 32.2. The summed E-state index contributed by atoms with van der Waals surface area (Å²) in [6, 6.07) is 16.5. The number of rotatable bonds is 9. The average molecular weight is 445 g/mol. The summed E-state index contributed by atoms with van der Waals surface area (Å²) in [5.41, 5.74) is 1.57. The molecule has 3 aromatic rings. The van der Waals surface area contributed by atoms with E-state index in [2.05, 4.69) is 4.98 Å². The Morgan fingerprint density at radius 2 is 2.07 bits per heavy atom. The van der Waals surface area contributed by atoms with Gasteiger partial charge < -0.3 is 9.47 Å². The van der Waals surface area contributed by atoms with Gasteiger partial charge >= 0.3 is 0 Å². The highest BCUT2D eigenvalue weighted by Crippen LogP contribution is 2.25. The van der Waals surface area contributed by atoms with Gasteiger partial charge in [-0.05, 0) is 47.7 Å². The molecule has 0 bridgehead atoms. The number of pyridine rings is 1. The Kier molecular flexibility index (Phi) is 6.79. The minimum absolute atomic E-state index is 0.200. The Labute approximate surface area is 181 Å². The molecule has 158 valence electrons. The lowest BCUT2D eigenvalue weighted by Crippen LogP contribution is -2.30. The monoisotopic (exact) mass is 444 g/mol. The molecule has 2 aromatic heterocycles. The average Bonchev–Trinajstić information content (AvgIpc) is 3.47. The van der Waals surface area contributed by atoms with Crippen molar-refractivity contribution in [1.82, 2.24) is 9.29 Å². The normalized spacial score (nSPS) is 16.8. The van der Waals surface area contributed by atoms with Gasteiger partial charge in [-0.25, -0.2) is 8.42 Å². The van der Waals surface area contributed by atoms with Crippen LogP contribution in [0.3, 0.4) is 0 Å². The molecule has 3 heterocycles. The Bertz CT molecular complexity index is 1030. The fourth-order valence-electron chi connectivity index (χ4n) is 3.30. The Balaban J connectivity index is 1.53. The quantitative estimate of drug-likeness (QED) is 0.500. The third-order valence-electron chi connectivity index (χ3n) is 4.92. The molecule has 0 radical (unpaired) electrons. The van der Waals surface area contributed by atoms with E-state index in [9.17, 15) is 8.42 Å². The number of benzene rings is 1. The number of sulfonamides is 1. The lowest BCUT2D eigenvalue weighted by atomic mass is 10.1. The molecule has 0 aliphatic carbocycles. The standard InChI is InChI=1S/C22H24N2O4S2/c25-30(26,22-8-4-12-29-22)24(15-20-6-1-2-10-23-20)14-18-5-3-7-21(13-18)28-17-19-9-11-27-16-19/h1-8,10,12-13,19H,9,11,14-17H2. The molecule has 1 atom stereocenters. The zero-order valence-electron chi connectivity index (χ0n) is 16.5. The van der Waals surface area contributed by atoms with Gasteiger partial charge in [-0.3, -0.25) is 4.98 Å². The molecule has 1 aliphatic rings. The molecule has 1 unspecified atom stereocenters. The molecule has 0 amide bonds. The summed E-state index contributed by atoms with van der Waals surface area (Å²) in [4.78, 5) is 4.31. The molecule has 30 heavy (non-hydrogen) atoms. The molecule has 1 saturated heterocycles. The maximum atomic E-state index is 13.3. The van der Waals surface area contributed by atoms with E-state index < -0.39 is 10.0 Å².